The fraction of sp³-hybridized carbons (Fsp3) is 0.571. The second-order valence-corrected chi connectivity index (χ2v) is 5.46. The molecule has 2 N–H and O–H groups in total. The van der Waals surface area contributed by atoms with Crippen molar-refractivity contribution in [3.05, 3.63) is 17.7 Å². The molecule has 21 heavy (non-hydrogen) atoms. The van der Waals surface area contributed by atoms with Crippen LogP contribution in [0.2, 0.25) is 0 Å². The van der Waals surface area contributed by atoms with Gasteiger partial charge in [0.25, 0.3) is 0 Å². The lowest BCUT2D eigenvalue weighted by atomic mass is 9.85. The van der Waals surface area contributed by atoms with Crippen LogP contribution in [0.1, 0.15) is 11.7 Å². The summed E-state index contributed by atoms with van der Waals surface area (Å²) < 4.78 is 27.0. The Kier molecular flexibility index (Phi) is 2.80. The maximum atomic E-state index is 10.5. The molecule has 0 bridgehead atoms. The topological polar surface area (TPSA) is 86.6 Å². The molecule has 7 nitrogen and oxygen atoms in total. The molecule has 0 aromatic heterocycles. The van der Waals surface area contributed by atoms with Gasteiger partial charge in [-0.15, -0.1) is 0 Å². The van der Waals surface area contributed by atoms with Gasteiger partial charge in [-0.2, -0.15) is 0 Å². The highest BCUT2D eigenvalue weighted by atomic mass is 16.7. The molecule has 2 saturated heterocycles. The van der Waals surface area contributed by atoms with Crippen molar-refractivity contribution in [3.63, 3.8) is 0 Å². The fourth-order valence-electron chi connectivity index (χ4n) is 3.18. The summed E-state index contributed by atoms with van der Waals surface area (Å²) in [6.07, 6.45) is -1.66. The number of rotatable bonds is 2. The average Bonchev–Trinajstić information content (AvgIpc) is 3.14. The number of methoxy groups -OCH3 is 1. The van der Waals surface area contributed by atoms with Crippen LogP contribution in [-0.2, 0) is 9.47 Å². The molecule has 1 aromatic rings. The molecule has 4 atom stereocenters. The van der Waals surface area contributed by atoms with E-state index in [1.807, 2.05) is 0 Å². The van der Waals surface area contributed by atoms with Crippen LogP contribution in [0.25, 0.3) is 0 Å². The van der Waals surface area contributed by atoms with Crippen molar-refractivity contribution < 1.29 is 33.9 Å². The molecule has 0 amide bonds. The van der Waals surface area contributed by atoms with Gasteiger partial charge in [0.2, 0.25) is 6.79 Å². The van der Waals surface area contributed by atoms with Gasteiger partial charge in [0.1, 0.15) is 11.4 Å². The lowest BCUT2D eigenvalue weighted by molar-refractivity contribution is -0.167. The molecule has 0 unspecified atom stereocenters. The van der Waals surface area contributed by atoms with Gasteiger partial charge in [-0.3, -0.25) is 0 Å². The molecule has 3 aliphatic rings. The minimum absolute atomic E-state index is 0.0150. The molecule has 3 aliphatic heterocycles. The van der Waals surface area contributed by atoms with Crippen molar-refractivity contribution in [2.24, 2.45) is 5.92 Å². The summed E-state index contributed by atoms with van der Waals surface area (Å²) in [5, 5.41) is 20.3. The van der Waals surface area contributed by atoms with Crippen molar-refractivity contribution in [3.8, 4) is 17.2 Å². The van der Waals surface area contributed by atoms with Gasteiger partial charge < -0.3 is 33.9 Å². The van der Waals surface area contributed by atoms with E-state index < -0.39 is 18.0 Å². The average molecular weight is 296 g/mol. The Balaban J connectivity index is 1.74. The summed E-state index contributed by atoms with van der Waals surface area (Å²) in [7, 11) is 1.56. The van der Waals surface area contributed by atoms with Gasteiger partial charge in [0, 0.05) is 17.5 Å². The second kappa shape index (κ2) is 4.48. The number of hydrogen-bond acceptors (Lipinski definition) is 7. The first-order valence-corrected chi connectivity index (χ1v) is 6.74. The zero-order valence-corrected chi connectivity index (χ0v) is 11.4. The Bertz CT molecular complexity index is 575. The molecule has 0 saturated carbocycles. The highest BCUT2D eigenvalue weighted by Crippen LogP contribution is 2.51. The van der Waals surface area contributed by atoms with Gasteiger partial charge in [0.15, 0.2) is 17.8 Å². The van der Waals surface area contributed by atoms with E-state index in [1.165, 1.54) is 0 Å². The summed E-state index contributed by atoms with van der Waals surface area (Å²) in [6.45, 7) is 0.406. The predicted molar refractivity (Wildman–Crippen MR) is 68.2 cm³/mol. The second-order valence-electron chi connectivity index (χ2n) is 5.46. The van der Waals surface area contributed by atoms with E-state index in [0.717, 1.165) is 5.56 Å². The van der Waals surface area contributed by atoms with Gasteiger partial charge in [0.05, 0.1) is 26.4 Å². The smallest absolute Gasteiger partial charge is 0.231 e. The van der Waals surface area contributed by atoms with E-state index in [2.05, 4.69) is 0 Å². The first-order chi connectivity index (χ1) is 10.1. The summed E-state index contributed by atoms with van der Waals surface area (Å²) in [6, 6.07) is 3.53. The van der Waals surface area contributed by atoms with Crippen molar-refractivity contribution in [1.82, 2.24) is 0 Å². The molecular weight excluding hydrogens is 280 g/mol. The van der Waals surface area contributed by atoms with E-state index in [4.69, 9.17) is 23.7 Å². The predicted octanol–water partition coefficient (Wildman–Crippen LogP) is 0.191. The van der Waals surface area contributed by atoms with Crippen LogP contribution in [-0.4, -0.2) is 49.2 Å². The summed E-state index contributed by atoms with van der Waals surface area (Å²) in [4.78, 5) is 0. The number of fused-ring (bicyclic) bond motifs is 2. The Morgan fingerprint density at radius 3 is 2.76 bits per heavy atom. The van der Waals surface area contributed by atoms with Crippen molar-refractivity contribution in [2.45, 2.75) is 18.0 Å². The first-order valence-electron chi connectivity index (χ1n) is 6.74. The molecule has 0 radical (unpaired) electrons. The fourth-order valence-corrected chi connectivity index (χ4v) is 3.18. The lowest BCUT2D eigenvalue weighted by Gasteiger charge is -2.23. The van der Waals surface area contributed by atoms with Crippen molar-refractivity contribution in [2.75, 3.05) is 27.1 Å². The minimum Gasteiger partial charge on any atom is -0.496 e. The van der Waals surface area contributed by atoms with Crippen LogP contribution < -0.4 is 14.2 Å². The van der Waals surface area contributed by atoms with Crippen LogP contribution in [0, 0.1) is 5.92 Å². The van der Waals surface area contributed by atoms with E-state index in [9.17, 15) is 10.2 Å². The maximum Gasteiger partial charge on any atom is 0.231 e. The third-order valence-electron chi connectivity index (χ3n) is 4.39. The molecule has 114 valence electrons. The number of benzene rings is 1. The van der Waals surface area contributed by atoms with Crippen LogP contribution >= 0.6 is 0 Å². The lowest BCUT2D eigenvalue weighted by Crippen LogP contribution is -2.43. The highest BCUT2D eigenvalue weighted by molar-refractivity contribution is 5.53. The minimum atomic E-state index is -1.38. The molecular formula is C14H16O7. The summed E-state index contributed by atoms with van der Waals surface area (Å²) in [5.41, 5.74) is -0.633. The molecule has 0 spiro atoms. The zero-order chi connectivity index (χ0) is 14.6. The van der Waals surface area contributed by atoms with Gasteiger partial charge in [-0.05, 0) is 6.07 Å². The van der Waals surface area contributed by atoms with E-state index in [1.54, 1.807) is 19.2 Å². The van der Waals surface area contributed by atoms with Crippen molar-refractivity contribution >= 4 is 0 Å². The van der Waals surface area contributed by atoms with E-state index in [-0.39, 0.29) is 25.9 Å². The number of aliphatic hydroxyl groups excluding tert-OH is 1. The summed E-state index contributed by atoms with van der Waals surface area (Å²) in [5.74, 6) is 1.47. The SMILES string of the molecule is COc1cc2c(cc1[C@H]1OC[C@@]3(O)[C@@H]1CO[C@@H]3O)OCO2. The molecule has 7 heteroatoms. The van der Waals surface area contributed by atoms with Crippen LogP contribution in [0.3, 0.4) is 0 Å². The molecule has 0 aliphatic carbocycles. The summed E-state index contributed by atoms with van der Waals surface area (Å²) >= 11 is 0. The highest BCUT2D eigenvalue weighted by Gasteiger charge is 2.59. The third kappa shape index (κ3) is 1.75. The largest absolute Gasteiger partial charge is 0.496 e. The monoisotopic (exact) mass is 296 g/mol. The first kappa shape index (κ1) is 13.1. The van der Waals surface area contributed by atoms with Gasteiger partial charge in [-0.25, -0.2) is 0 Å². The van der Waals surface area contributed by atoms with Crippen LogP contribution in [0.4, 0.5) is 0 Å². The van der Waals surface area contributed by atoms with Crippen LogP contribution in [0.5, 0.6) is 17.2 Å². The quantitative estimate of drug-likeness (QED) is 0.805. The van der Waals surface area contributed by atoms with Gasteiger partial charge >= 0.3 is 0 Å². The Morgan fingerprint density at radius 1 is 1.24 bits per heavy atom. The zero-order valence-electron chi connectivity index (χ0n) is 11.4. The Morgan fingerprint density at radius 2 is 2.00 bits per heavy atom. The van der Waals surface area contributed by atoms with Crippen LogP contribution in [0.15, 0.2) is 12.1 Å². The van der Waals surface area contributed by atoms with E-state index in [0.29, 0.717) is 17.2 Å². The number of ether oxygens (including phenoxy) is 5. The van der Waals surface area contributed by atoms with E-state index >= 15 is 0 Å². The third-order valence-corrected chi connectivity index (χ3v) is 4.39. The normalized spacial score (nSPS) is 36.8. The standard InChI is InChI=1S/C14H16O7/c1-17-9-3-11-10(20-6-21-11)2-7(9)12-8-4-18-13(15)14(8,16)5-19-12/h2-3,8,12-13,15-16H,4-6H2,1H3/t8-,12-,13+,14-/m1/s1. The van der Waals surface area contributed by atoms with Crippen molar-refractivity contribution in [1.29, 1.82) is 0 Å². The number of aliphatic hydroxyl groups is 2. The molecule has 3 heterocycles. The van der Waals surface area contributed by atoms with Gasteiger partial charge in [-0.1, -0.05) is 0 Å². The molecule has 2 fully saturated rings. The molecule has 1 aromatic carbocycles. The Hall–Kier alpha value is -1.54. The molecule has 4 rings (SSSR count). The maximum absolute atomic E-state index is 10.5. The number of hydrogen-bond donors (Lipinski definition) is 2. The Labute approximate surface area is 120 Å².